The third-order valence-electron chi connectivity index (χ3n) is 4.31. The van der Waals surface area contributed by atoms with Crippen molar-refractivity contribution in [1.29, 1.82) is 0 Å². The highest BCUT2D eigenvalue weighted by Crippen LogP contribution is 2.24. The van der Waals surface area contributed by atoms with Crippen LogP contribution in [0.3, 0.4) is 0 Å². The number of carbonyl (C=O) groups is 1. The first-order valence-corrected chi connectivity index (χ1v) is 12.7. The molecular formula is C19H24ClN3O6S2. The molecule has 0 heterocycles. The molecular weight excluding hydrogens is 466 g/mol. The summed E-state index contributed by atoms with van der Waals surface area (Å²) in [4.78, 5) is 12.6. The molecule has 0 aliphatic carbocycles. The van der Waals surface area contributed by atoms with E-state index in [0.29, 0.717) is 11.4 Å². The lowest BCUT2D eigenvalue weighted by Crippen LogP contribution is -2.29. The summed E-state index contributed by atoms with van der Waals surface area (Å²) >= 11 is 6.08. The smallest absolute Gasteiger partial charge is 0.252 e. The minimum absolute atomic E-state index is 0.131. The van der Waals surface area contributed by atoms with Gasteiger partial charge in [0.1, 0.15) is 12.4 Å². The van der Waals surface area contributed by atoms with E-state index in [4.69, 9.17) is 16.3 Å². The Labute approximate surface area is 187 Å². The van der Waals surface area contributed by atoms with E-state index in [1.165, 1.54) is 63.6 Å². The first-order valence-electron chi connectivity index (χ1n) is 9.01. The van der Waals surface area contributed by atoms with Crippen molar-refractivity contribution in [3.63, 3.8) is 0 Å². The molecule has 0 saturated heterocycles. The van der Waals surface area contributed by atoms with Gasteiger partial charge in [0.2, 0.25) is 20.0 Å². The normalized spacial score (nSPS) is 11.9. The van der Waals surface area contributed by atoms with Gasteiger partial charge in [0.25, 0.3) is 5.91 Å². The maximum atomic E-state index is 12.4. The zero-order valence-corrected chi connectivity index (χ0v) is 19.9. The fourth-order valence-corrected chi connectivity index (χ4v) is 4.02. The van der Waals surface area contributed by atoms with Gasteiger partial charge in [-0.2, -0.15) is 0 Å². The van der Waals surface area contributed by atoms with E-state index < -0.39 is 26.0 Å². The van der Waals surface area contributed by atoms with Gasteiger partial charge in [-0.3, -0.25) is 9.10 Å². The van der Waals surface area contributed by atoms with Crippen LogP contribution in [0.4, 0.5) is 5.69 Å². The van der Waals surface area contributed by atoms with Crippen LogP contribution in [0, 0.1) is 0 Å². The van der Waals surface area contributed by atoms with Crippen molar-refractivity contribution < 1.29 is 26.4 Å². The van der Waals surface area contributed by atoms with Crippen LogP contribution in [0.1, 0.15) is 10.4 Å². The van der Waals surface area contributed by atoms with Crippen molar-refractivity contribution in [2.75, 3.05) is 44.9 Å². The average Bonchev–Trinajstić information content (AvgIpc) is 2.70. The molecule has 170 valence electrons. The number of rotatable bonds is 9. The fraction of sp³-hybridized carbons (Fsp3) is 0.316. The van der Waals surface area contributed by atoms with Gasteiger partial charge in [-0.25, -0.2) is 21.1 Å². The largest absolute Gasteiger partial charge is 0.492 e. The third-order valence-corrected chi connectivity index (χ3v) is 7.68. The Hall–Kier alpha value is -2.34. The Kier molecular flexibility index (Phi) is 7.93. The number of nitrogens with zero attached hydrogens (tertiary/aromatic N) is 2. The number of halogens is 1. The number of amides is 1. The van der Waals surface area contributed by atoms with E-state index in [1.807, 2.05) is 0 Å². The molecule has 1 N–H and O–H groups in total. The van der Waals surface area contributed by atoms with Crippen LogP contribution in [-0.4, -0.2) is 67.6 Å². The summed E-state index contributed by atoms with van der Waals surface area (Å²) in [6, 6.07) is 10.3. The Balaban J connectivity index is 1.96. The molecule has 12 heteroatoms. The SMILES string of the molecule is CN(c1ccc(Cl)c(C(=O)NCCOc2ccc(S(=O)(=O)N(C)C)cc2)c1)S(C)(=O)=O. The summed E-state index contributed by atoms with van der Waals surface area (Å²) in [5.41, 5.74) is 0.439. The maximum absolute atomic E-state index is 12.4. The number of ether oxygens (including phenoxy) is 1. The second-order valence-corrected chi connectivity index (χ2v) is 11.3. The second-order valence-electron chi connectivity index (χ2n) is 6.76. The number of hydrogen-bond acceptors (Lipinski definition) is 6. The molecule has 31 heavy (non-hydrogen) atoms. The summed E-state index contributed by atoms with van der Waals surface area (Å²) in [5.74, 6) is -0.0356. The van der Waals surface area contributed by atoms with Gasteiger partial charge in [0.05, 0.1) is 34.0 Å². The monoisotopic (exact) mass is 489 g/mol. The van der Waals surface area contributed by atoms with Gasteiger partial charge in [0.15, 0.2) is 0 Å². The van der Waals surface area contributed by atoms with Crippen LogP contribution >= 0.6 is 11.6 Å². The lowest BCUT2D eigenvalue weighted by atomic mass is 10.2. The molecule has 0 aromatic heterocycles. The standard InChI is InChI=1S/C19H24ClN3O6S2/c1-22(2)31(27,28)16-8-6-15(7-9-16)29-12-11-21-19(24)17-13-14(5-10-18(17)20)23(3)30(4,25)26/h5-10,13H,11-12H2,1-4H3,(H,21,24). The minimum atomic E-state index is -3.52. The lowest BCUT2D eigenvalue weighted by molar-refractivity contribution is 0.0947. The van der Waals surface area contributed by atoms with Crippen LogP contribution in [0.2, 0.25) is 5.02 Å². The molecule has 0 saturated carbocycles. The van der Waals surface area contributed by atoms with Crippen molar-refractivity contribution in [2.45, 2.75) is 4.90 Å². The summed E-state index contributed by atoms with van der Waals surface area (Å²) in [5, 5.41) is 2.83. The predicted octanol–water partition coefficient (Wildman–Crippen LogP) is 1.79. The number of carbonyl (C=O) groups excluding carboxylic acids is 1. The van der Waals surface area contributed by atoms with Crippen LogP contribution in [-0.2, 0) is 20.0 Å². The summed E-state index contributed by atoms with van der Waals surface area (Å²) < 4.78 is 55.2. The van der Waals surface area contributed by atoms with Crippen LogP contribution in [0.15, 0.2) is 47.4 Å². The number of anilines is 1. The molecule has 0 aliphatic heterocycles. The van der Waals surface area contributed by atoms with Gasteiger partial charge < -0.3 is 10.1 Å². The molecule has 0 aliphatic rings. The van der Waals surface area contributed by atoms with Gasteiger partial charge in [-0.05, 0) is 42.5 Å². The molecule has 2 aromatic carbocycles. The summed E-state index contributed by atoms with van der Waals surface area (Å²) in [6.45, 7) is 0.283. The molecule has 9 nitrogen and oxygen atoms in total. The van der Waals surface area contributed by atoms with E-state index in [2.05, 4.69) is 5.32 Å². The Morgan fingerprint density at radius 1 is 1.03 bits per heavy atom. The van der Waals surface area contributed by atoms with E-state index >= 15 is 0 Å². The van der Waals surface area contributed by atoms with Crippen molar-refractivity contribution in [3.8, 4) is 5.75 Å². The van der Waals surface area contributed by atoms with E-state index in [0.717, 1.165) is 14.9 Å². The van der Waals surface area contributed by atoms with Crippen molar-refractivity contribution in [3.05, 3.63) is 53.1 Å². The minimum Gasteiger partial charge on any atom is -0.492 e. The first kappa shape index (κ1) is 24.9. The average molecular weight is 490 g/mol. The Morgan fingerprint density at radius 2 is 1.65 bits per heavy atom. The van der Waals surface area contributed by atoms with Gasteiger partial charge in [-0.1, -0.05) is 11.6 Å². The van der Waals surface area contributed by atoms with Crippen LogP contribution in [0.5, 0.6) is 5.75 Å². The van der Waals surface area contributed by atoms with Gasteiger partial charge in [-0.15, -0.1) is 0 Å². The number of nitrogens with one attached hydrogen (secondary N) is 1. The highest BCUT2D eigenvalue weighted by molar-refractivity contribution is 7.92. The molecule has 0 atom stereocenters. The molecule has 0 spiro atoms. The first-order chi connectivity index (χ1) is 14.3. The lowest BCUT2D eigenvalue weighted by Gasteiger charge is -2.18. The van der Waals surface area contributed by atoms with Crippen molar-refractivity contribution in [1.82, 2.24) is 9.62 Å². The quantitative estimate of drug-likeness (QED) is 0.537. The van der Waals surface area contributed by atoms with Gasteiger partial charge in [0, 0.05) is 21.1 Å². The molecule has 0 unspecified atom stereocenters. The van der Waals surface area contributed by atoms with E-state index in [9.17, 15) is 21.6 Å². The van der Waals surface area contributed by atoms with E-state index in [-0.39, 0.29) is 28.6 Å². The third kappa shape index (κ3) is 6.33. The molecule has 0 fully saturated rings. The molecule has 1 amide bonds. The number of hydrogen-bond donors (Lipinski definition) is 1. The zero-order valence-electron chi connectivity index (χ0n) is 17.5. The fourth-order valence-electron chi connectivity index (χ4n) is 2.42. The summed E-state index contributed by atoms with van der Waals surface area (Å²) in [7, 11) is -2.72. The number of benzene rings is 2. The maximum Gasteiger partial charge on any atom is 0.252 e. The molecule has 0 radical (unpaired) electrons. The van der Waals surface area contributed by atoms with Crippen molar-refractivity contribution in [2.24, 2.45) is 0 Å². The molecule has 0 bridgehead atoms. The van der Waals surface area contributed by atoms with Crippen molar-refractivity contribution >= 4 is 43.2 Å². The summed E-state index contributed by atoms with van der Waals surface area (Å²) in [6.07, 6.45) is 1.06. The highest BCUT2D eigenvalue weighted by Gasteiger charge is 2.18. The molecule has 2 rings (SSSR count). The molecule has 2 aromatic rings. The van der Waals surface area contributed by atoms with Crippen LogP contribution < -0.4 is 14.4 Å². The van der Waals surface area contributed by atoms with E-state index in [1.54, 1.807) is 0 Å². The highest BCUT2D eigenvalue weighted by atomic mass is 35.5. The zero-order chi connectivity index (χ0) is 23.4. The van der Waals surface area contributed by atoms with Gasteiger partial charge >= 0.3 is 0 Å². The number of sulfonamides is 2. The van der Waals surface area contributed by atoms with Crippen LogP contribution in [0.25, 0.3) is 0 Å². The Morgan fingerprint density at radius 3 is 2.19 bits per heavy atom. The predicted molar refractivity (Wildman–Crippen MR) is 120 cm³/mol. The second kappa shape index (κ2) is 9.86. The topological polar surface area (TPSA) is 113 Å². The Bertz CT molecular complexity index is 1150.